The van der Waals surface area contributed by atoms with Crippen LogP contribution in [0.3, 0.4) is 0 Å². The van der Waals surface area contributed by atoms with Crippen molar-refractivity contribution in [2.75, 3.05) is 10.6 Å². The molecule has 0 saturated heterocycles. The second kappa shape index (κ2) is 11.0. The summed E-state index contributed by atoms with van der Waals surface area (Å²) in [6.07, 6.45) is 2.53. The van der Waals surface area contributed by atoms with Crippen LogP contribution in [0.25, 0.3) is 0 Å². The number of hydrogen-bond donors (Lipinski definition) is 1. The first kappa shape index (κ1) is 24.3. The fourth-order valence-corrected chi connectivity index (χ4v) is 4.48. The Bertz CT molecular complexity index is 1220. The SMILES string of the molecule is C[C@@H](C(=O)N/N=C\c1ccc(OCc2cccc(Cl)c2)cc1)N(c1ccccc1)S(C)(=O)=O. The average molecular weight is 486 g/mol. The van der Waals surface area contributed by atoms with Crippen LogP contribution in [0.5, 0.6) is 5.75 Å². The first-order valence-corrected chi connectivity index (χ1v) is 12.3. The lowest BCUT2D eigenvalue weighted by molar-refractivity contribution is -0.121. The molecular formula is C24H24ClN3O4S. The molecule has 0 spiro atoms. The molecule has 0 aliphatic heterocycles. The van der Waals surface area contributed by atoms with Gasteiger partial charge in [0.15, 0.2) is 0 Å². The van der Waals surface area contributed by atoms with E-state index >= 15 is 0 Å². The van der Waals surface area contributed by atoms with Crippen molar-refractivity contribution in [2.45, 2.75) is 19.6 Å². The first-order chi connectivity index (χ1) is 15.7. The molecule has 3 aromatic rings. The Balaban J connectivity index is 1.58. The van der Waals surface area contributed by atoms with E-state index < -0.39 is 22.0 Å². The van der Waals surface area contributed by atoms with E-state index in [-0.39, 0.29) is 0 Å². The summed E-state index contributed by atoms with van der Waals surface area (Å²) in [5.41, 5.74) is 4.50. The minimum atomic E-state index is -3.67. The molecule has 0 heterocycles. The molecule has 9 heteroatoms. The third kappa shape index (κ3) is 7.06. The van der Waals surface area contributed by atoms with E-state index in [0.717, 1.165) is 21.7 Å². The van der Waals surface area contributed by atoms with Gasteiger partial charge in [-0.15, -0.1) is 0 Å². The van der Waals surface area contributed by atoms with Gasteiger partial charge < -0.3 is 4.74 Å². The van der Waals surface area contributed by atoms with Crippen LogP contribution in [0, 0.1) is 0 Å². The minimum absolute atomic E-state index is 0.389. The van der Waals surface area contributed by atoms with Crippen molar-refractivity contribution in [3.63, 3.8) is 0 Å². The molecule has 0 unspecified atom stereocenters. The Hall–Kier alpha value is -3.36. The lowest BCUT2D eigenvalue weighted by Crippen LogP contribution is -2.46. The van der Waals surface area contributed by atoms with Crippen molar-refractivity contribution < 1.29 is 17.9 Å². The number of nitrogens with zero attached hydrogens (tertiary/aromatic N) is 2. The number of anilines is 1. The van der Waals surface area contributed by atoms with E-state index in [0.29, 0.717) is 23.1 Å². The number of carbonyl (C=O) groups is 1. The standard InChI is InChI=1S/C24H24ClN3O4S/c1-18(28(33(2,30)31)22-9-4-3-5-10-22)24(29)27-26-16-19-11-13-23(14-12-19)32-17-20-7-6-8-21(25)15-20/h3-16,18H,17H2,1-2H3,(H,27,29)/b26-16-/t18-/m0/s1. The highest BCUT2D eigenvalue weighted by molar-refractivity contribution is 7.92. The summed E-state index contributed by atoms with van der Waals surface area (Å²) in [6, 6.07) is 22.1. The fraction of sp³-hybridized carbons (Fsp3) is 0.167. The second-order valence-electron chi connectivity index (χ2n) is 7.29. The molecule has 3 rings (SSSR count). The number of benzene rings is 3. The van der Waals surface area contributed by atoms with Crippen LogP contribution < -0.4 is 14.5 Å². The number of amides is 1. The third-order valence-corrected chi connectivity index (χ3v) is 6.14. The number of sulfonamides is 1. The van der Waals surface area contributed by atoms with Gasteiger partial charge in [-0.1, -0.05) is 41.9 Å². The Labute approximate surface area is 198 Å². The van der Waals surface area contributed by atoms with Crippen LogP contribution in [0.15, 0.2) is 84.0 Å². The quantitative estimate of drug-likeness (QED) is 0.363. The summed E-state index contributed by atoms with van der Waals surface area (Å²) in [5, 5.41) is 4.61. The normalized spacial score (nSPS) is 12.3. The monoisotopic (exact) mass is 485 g/mol. The molecule has 172 valence electrons. The highest BCUT2D eigenvalue weighted by Gasteiger charge is 2.28. The maximum absolute atomic E-state index is 12.5. The van der Waals surface area contributed by atoms with Crippen molar-refractivity contribution >= 4 is 39.4 Å². The van der Waals surface area contributed by atoms with Crippen LogP contribution in [-0.4, -0.2) is 32.8 Å². The molecule has 0 aromatic heterocycles. The molecule has 33 heavy (non-hydrogen) atoms. The topological polar surface area (TPSA) is 88.1 Å². The molecule has 0 radical (unpaired) electrons. The number of hydrazone groups is 1. The summed E-state index contributed by atoms with van der Waals surface area (Å²) in [7, 11) is -3.67. The van der Waals surface area contributed by atoms with Gasteiger partial charge in [0.05, 0.1) is 18.2 Å². The molecule has 7 nitrogen and oxygen atoms in total. The van der Waals surface area contributed by atoms with Gasteiger partial charge in [-0.2, -0.15) is 5.10 Å². The van der Waals surface area contributed by atoms with Crippen LogP contribution >= 0.6 is 11.6 Å². The number of ether oxygens (including phenoxy) is 1. The summed E-state index contributed by atoms with van der Waals surface area (Å²) in [6.45, 7) is 1.89. The number of para-hydroxylation sites is 1. The smallest absolute Gasteiger partial charge is 0.263 e. The van der Waals surface area contributed by atoms with Crippen LogP contribution in [0.2, 0.25) is 5.02 Å². The van der Waals surface area contributed by atoms with Crippen LogP contribution in [-0.2, 0) is 21.4 Å². The highest BCUT2D eigenvalue weighted by atomic mass is 35.5. The van der Waals surface area contributed by atoms with E-state index in [4.69, 9.17) is 16.3 Å². The molecule has 3 aromatic carbocycles. The lowest BCUT2D eigenvalue weighted by atomic mass is 10.2. The van der Waals surface area contributed by atoms with Crippen molar-refractivity contribution in [1.82, 2.24) is 5.43 Å². The summed E-state index contributed by atoms with van der Waals surface area (Å²) < 4.78 is 31.3. The number of halogens is 1. The number of rotatable bonds is 9. The Morgan fingerprint density at radius 1 is 1.09 bits per heavy atom. The van der Waals surface area contributed by atoms with Gasteiger partial charge in [0.25, 0.3) is 5.91 Å². The first-order valence-electron chi connectivity index (χ1n) is 10.1. The minimum Gasteiger partial charge on any atom is -0.489 e. The fourth-order valence-electron chi connectivity index (χ4n) is 3.09. The molecule has 1 N–H and O–H groups in total. The Morgan fingerprint density at radius 2 is 1.79 bits per heavy atom. The van der Waals surface area contributed by atoms with Gasteiger partial charge in [-0.3, -0.25) is 9.10 Å². The summed E-state index contributed by atoms with van der Waals surface area (Å²) in [4.78, 5) is 12.5. The van der Waals surface area contributed by atoms with E-state index in [1.54, 1.807) is 60.7 Å². The third-order valence-electron chi connectivity index (χ3n) is 4.66. The predicted molar refractivity (Wildman–Crippen MR) is 131 cm³/mol. The van der Waals surface area contributed by atoms with Crippen LogP contribution in [0.4, 0.5) is 5.69 Å². The highest BCUT2D eigenvalue weighted by Crippen LogP contribution is 2.20. The zero-order valence-electron chi connectivity index (χ0n) is 18.2. The van der Waals surface area contributed by atoms with Crippen molar-refractivity contribution in [3.05, 3.63) is 95.0 Å². The largest absolute Gasteiger partial charge is 0.489 e. The maximum Gasteiger partial charge on any atom is 0.263 e. The lowest BCUT2D eigenvalue weighted by Gasteiger charge is -2.27. The number of nitrogens with one attached hydrogen (secondary N) is 1. The zero-order valence-corrected chi connectivity index (χ0v) is 19.8. The van der Waals surface area contributed by atoms with E-state index in [1.807, 2.05) is 18.2 Å². The Morgan fingerprint density at radius 3 is 2.42 bits per heavy atom. The molecule has 0 aliphatic rings. The maximum atomic E-state index is 12.5. The molecule has 1 amide bonds. The molecule has 0 fully saturated rings. The van der Waals surface area contributed by atoms with Crippen LogP contribution in [0.1, 0.15) is 18.1 Å². The van der Waals surface area contributed by atoms with Gasteiger partial charge in [0.2, 0.25) is 10.0 Å². The predicted octanol–water partition coefficient (Wildman–Crippen LogP) is 4.22. The van der Waals surface area contributed by atoms with Crippen molar-refractivity contribution in [1.29, 1.82) is 0 Å². The van der Waals surface area contributed by atoms with Gasteiger partial charge in [-0.25, -0.2) is 13.8 Å². The van der Waals surface area contributed by atoms with E-state index in [9.17, 15) is 13.2 Å². The van der Waals surface area contributed by atoms with E-state index in [1.165, 1.54) is 13.1 Å². The molecule has 1 atom stereocenters. The average Bonchev–Trinajstić information content (AvgIpc) is 2.78. The Kier molecular flexibility index (Phi) is 8.08. The summed E-state index contributed by atoms with van der Waals surface area (Å²) in [5.74, 6) is 0.124. The van der Waals surface area contributed by atoms with Gasteiger partial charge in [-0.05, 0) is 66.6 Å². The van der Waals surface area contributed by atoms with Gasteiger partial charge in [0.1, 0.15) is 18.4 Å². The number of carbonyl (C=O) groups excluding carboxylic acids is 1. The molecule has 0 bridgehead atoms. The zero-order chi connectivity index (χ0) is 23.8. The number of hydrogen-bond acceptors (Lipinski definition) is 5. The van der Waals surface area contributed by atoms with Gasteiger partial charge in [0, 0.05) is 5.02 Å². The van der Waals surface area contributed by atoms with Gasteiger partial charge >= 0.3 is 0 Å². The van der Waals surface area contributed by atoms with Crippen molar-refractivity contribution in [3.8, 4) is 5.75 Å². The second-order valence-corrected chi connectivity index (χ2v) is 9.59. The van der Waals surface area contributed by atoms with E-state index in [2.05, 4.69) is 10.5 Å². The summed E-state index contributed by atoms with van der Waals surface area (Å²) >= 11 is 5.98. The van der Waals surface area contributed by atoms with Crippen molar-refractivity contribution in [2.24, 2.45) is 5.10 Å². The molecule has 0 saturated carbocycles. The molecule has 0 aliphatic carbocycles. The molecular weight excluding hydrogens is 462 g/mol.